The molecule has 112 valence electrons. The molecule has 1 amide bonds. The molecule has 1 atom stereocenters. The van der Waals surface area contributed by atoms with Gasteiger partial charge in [-0.05, 0) is 50.1 Å². The molecule has 2 rings (SSSR count). The van der Waals surface area contributed by atoms with E-state index in [-0.39, 0.29) is 0 Å². The maximum Gasteiger partial charge on any atom is 0.222 e. The van der Waals surface area contributed by atoms with Gasteiger partial charge in [-0.25, -0.2) is 0 Å². The van der Waals surface area contributed by atoms with Gasteiger partial charge in [-0.3, -0.25) is 4.79 Å². The highest BCUT2D eigenvalue weighted by atomic mass is 32.1. The second-order valence-corrected chi connectivity index (χ2v) is 6.60. The van der Waals surface area contributed by atoms with Gasteiger partial charge in [0.1, 0.15) is 0 Å². The Labute approximate surface area is 126 Å². The van der Waals surface area contributed by atoms with E-state index in [4.69, 9.17) is 0 Å². The Kier molecular flexibility index (Phi) is 6.54. The largest absolute Gasteiger partial charge is 0.341 e. The van der Waals surface area contributed by atoms with E-state index < -0.39 is 0 Å². The molecule has 3 nitrogen and oxygen atoms in total. The molecule has 1 aliphatic heterocycles. The standard InChI is InChI=1S/C16H26N2OS/c1-2-11-18(13-14-6-4-10-17-14)16(19)9-3-7-15-8-5-12-20-15/h5,8,12,14,17H,2-4,6-7,9-11,13H2,1H3. The van der Waals surface area contributed by atoms with Crippen LogP contribution in [0.3, 0.4) is 0 Å². The Morgan fingerprint density at radius 1 is 1.55 bits per heavy atom. The van der Waals surface area contributed by atoms with Crippen molar-refractivity contribution < 1.29 is 4.79 Å². The topological polar surface area (TPSA) is 32.3 Å². The van der Waals surface area contributed by atoms with Crippen molar-refractivity contribution in [2.75, 3.05) is 19.6 Å². The molecule has 0 bridgehead atoms. The van der Waals surface area contributed by atoms with Crippen LogP contribution in [0.4, 0.5) is 0 Å². The molecule has 1 fully saturated rings. The normalized spacial score (nSPS) is 18.4. The lowest BCUT2D eigenvalue weighted by atomic mass is 10.1. The first-order valence-corrected chi connectivity index (χ1v) is 8.71. The summed E-state index contributed by atoms with van der Waals surface area (Å²) in [5, 5.41) is 5.59. The third-order valence-electron chi connectivity index (χ3n) is 3.84. The SMILES string of the molecule is CCCN(CC1CCCN1)C(=O)CCCc1cccs1. The molecule has 1 aliphatic rings. The molecular weight excluding hydrogens is 268 g/mol. The maximum absolute atomic E-state index is 12.4. The molecule has 0 aromatic carbocycles. The Bertz CT molecular complexity index is 385. The van der Waals surface area contributed by atoms with E-state index in [9.17, 15) is 4.79 Å². The maximum atomic E-state index is 12.4. The summed E-state index contributed by atoms with van der Waals surface area (Å²) in [6, 6.07) is 4.75. The van der Waals surface area contributed by atoms with Gasteiger partial charge >= 0.3 is 0 Å². The third-order valence-corrected chi connectivity index (χ3v) is 4.78. The van der Waals surface area contributed by atoms with Crippen LogP contribution in [0.2, 0.25) is 0 Å². The number of amides is 1. The summed E-state index contributed by atoms with van der Waals surface area (Å²) in [6.45, 7) is 5.05. The fourth-order valence-corrected chi connectivity index (χ4v) is 3.54. The molecule has 1 unspecified atom stereocenters. The van der Waals surface area contributed by atoms with Crippen LogP contribution in [0.1, 0.15) is 43.9 Å². The van der Waals surface area contributed by atoms with Gasteiger partial charge in [-0.2, -0.15) is 0 Å². The molecule has 0 radical (unpaired) electrons. The van der Waals surface area contributed by atoms with Gasteiger partial charge < -0.3 is 10.2 Å². The van der Waals surface area contributed by atoms with Crippen LogP contribution in [0.15, 0.2) is 17.5 Å². The highest BCUT2D eigenvalue weighted by Gasteiger charge is 2.20. The Morgan fingerprint density at radius 3 is 3.10 bits per heavy atom. The molecule has 1 aromatic heterocycles. The third kappa shape index (κ3) is 4.91. The van der Waals surface area contributed by atoms with E-state index in [1.54, 1.807) is 11.3 Å². The van der Waals surface area contributed by atoms with Crippen molar-refractivity contribution >= 4 is 17.2 Å². The second-order valence-electron chi connectivity index (χ2n) is 5.57. The fraction of sp³-hybridized carbons (Fsp3) is 0.688. The Morgan fingerprint density at radius 2 is 2.45 bits per heavy atom. The molecule has 1 N–H and O–H groups in total. The smallest absolute Gasteiger partial charge is 0.222 e. The number of nitrogens with one attached hydrogen (secondary N) is 1. The van der Waals surface area contributed by atoms with E-state index in [1.165, 1.54) is 17.7 Å². The van der Waals surface area contributed by atoms with Gasteiger partial charge in [0.25, 0.3) is 0 Å². The van der Waals surface area contributed by atoms with Crippen molar-refractivity contribution in [1.82, 2.24) is 10.2 Å². The number of hydrogen-bond acceptors (Lipinski definition) is 3. The van der Waals surface area contributed by atoms with Crippen molar-refractivity contribution in [1.29, 1.82) is 0 Å². The van der Waals surface area contributed by atoms with Crippen molar-refractivity contribution in [3.8, 4) is 0 Å². The number of hydrogen-bond donors (Lipinski definition) is 1. The van der Waals surface area contributed by atoms with Crippen LogP contribution in [0, 0.1) is 0 Å². The van der Waals surface area contributed by atoms with Crippen LogP contribution in [-0.4, -0.2) is 36.5 Å². The summed E-state index contributed by atoms with van der Waals surface area (Å²) >= 11 is 1.78. The second kappa shape index (κ2) is 8.42. The average Bonchev–Trinajstić information content (AvgIpc) is 3.11. The molecule has 0 aliphatic carbocycles. The predicted molar refractivity (Wildman–Crippen MR) is 85.2 cm³/mol. The number of rotatable bonds is 8. The van der Waals surface area contributed by atoms with E-state index in [1.807, 2.05) is 0 Å². The number of thiophene rings is 1. The number of carbonyl (C=O) groups is 1. The minimum atomic E-state index is 0.331. The zero-order valence-corrected chi connectivity index (χ0v) is 13.3. The summed E-state index contributed by atoms with van der Waals surface area (Å²) in [7, 11) is 0. The Balaban J connectivity index is 1.73. The minimum Gasteiger partial charge on any atom is -0.341 e. The first kappa shape index (κ1) is 15.5. The molecular formula is C16H26N2OS. The summed E-state index contributed by atoms with van der Waals surface area (Å²) in [6.07, 6.45) is 6.19. The van der Waals surface area contributed by atoms with Gasteiger partial charge in [0, 0.05) is 30.4 Å². The number of nitrogens with zero attached hydrogens (tertiary/aromatic N) is 1. The molecule has 0 saturated carbocycles. The van der Waals surface area contributed by atoms with Crippen molar-refractivity contribution in [3.05, 3.63) is 22.4 Å². The summed E-state index contributed by atoms with van der Waals surface area (Å²) in [5.74, 6) is 0.331. The molecule has 0 spiro atoms. The van der Waals surface area contributed by atoms with Crippen LogP contribution in [-0.2, 0) is 11.2 Å². The zero-order valence-electron chi connectivity index (χ0n) is 12.4. The van der Waals surface area contributed by atoms with Crippen LogP contribution >= 0.6 is 11.3 Å². The lowest BCUT2D eigenvalue weighted by Crippen LogP contribution is -2.41. The van der Waals surface area contributed by atoms with Crippen LogP contribution in [0.25, 0.3) is 0 Å². The monoisotopic (exact) mass is 294 g/mol. The van der Waals surface area contributed by atoms with Crippen molar-refractivity contribution in [2.45, 2.75) is 51.5 Å². The van der Waals surface area contributed by atoms with E-state index >= 15 is 0 Å². The lowest BCUT2D eigenvalue weighted by Gasteiger charge is -2.25. The van der Waals surface area contributed by atoms with E-state index in [0.717, 1.165) is 38.9 Å². The molecule has 4 heteroatoms. The number of aryl methyl sites for hydroxylation is 1. The van der Waals surface area contributed by atoms with Crippen molar-refractivity contribution in [2.24, 2.45) is 0 Å². The summed E-state index contributed by atoms with van der Waals surface area (Å²) in [5.41, 5.74) is 0. The van der Waals surface area contributed by atoms with Crippen LogP contribution in [0.5, 0.6) is 0 Å². The minimum absolute atomic E-state index is 0.331. The average molecular weight is 294 g/mol. The quantitative estimate of drug-likeness (QED) is 0.799. The highest BCUT2D eigenvalue weighted by Crippen LogP contribution is 2.13. The molecule has 1 aromatic rings. The van der Waals surface area contributed by atoms with Crippen molar-refractivity contribution in [3.63, 3.8) is 0 Å². The molecule has 2 heterocycles. The van der Waals surface area contributed by atoms with E-state index in [2.05, 4.69) is 34.7 Å². The number of carbonyl (C=O) groups excluding carboxylic acids is 1. The van der Waals surface area contributed by atoms with Gasteiger partial charge in [0.15, 0.2) is 0 Å². The Hall–Kier alpha value is -0.870. The highest BCUT2D eigenvalue weighted by molar-refractivity contribution is 7.09. The van der Waals surface area contributed by atoms with Gasteiger partial charge in [0.05, 0.1) is 0 Å². The predicted octanol–water partition coefficient (Wildman–Crippen LogP) is 3.06. The fourth-order valence-electron chi connectivity index (χ4n) is 2.79. The van der Waals surface area contributed by atoms with Gasteiger partial charge in [0.2, 0.25) is 5.91 Å². The van der Waals surface area contributed by atoms with Gasteiger partial charge in [-0.15, -0.1) is 11.3 Å². The van der Waals surface area contributed by atoms with Gasteiger partial charge in [-0.1, -0.05) is 13.0 Å². The lowest BCUT2D eigenvalue weighted by molar-refractivity contribution is -0.131. The summed E-state index contributed by atoms with van der Waals surface area (Å²) in [4.78, 5) is 15.8. The zero-order chi connectivity index (χ0) is 14.2. The van der Waals surface area contributed by atoms with Crippen LogP contribution < -0.4 is 5.32 Å². The summed E-state index contributed by atoms with van der Waals surface area (Å²) < 4.78 is 0. The molecule has 1 saturated heterocycles. The molecule has 20 heavy (non-hydrogen) atoms. The first-order valence-electron chi connectivity index (χ1n) is 7.83. The first-order chi connectivity index (χ1) is 9.79. The van der Waals surface area contributed by atoms with E-state index in [0.29, 0.717) is 18.4 Å².